The van der Waals surface area contributed by atoms with Gasteiger partial charge in [-0.05, 0) is 31.0 Å². The van der Waals surface area contributed by atoms with Gasteiger partial charge in [-0.3, -0.25) is 9.59 Å². The number of methoxy groups -OCH3 is 1. The second kappa shape index (κ2) is 7.62. The van der Waals surface area contributed by atoms with E-state index in [0.29, 0.717) is 0 Å². The highest BCUT2D eigenvalue weighted by atomic mass is 16.5. The first kappa shape index (κ1) is 16.8. The van der Waals surface area contributed by atoms with Crippen LogP contribution in [0.5, 0.6) is 5.75 Å². The molecule has 0 saturated heterocycles. The standard InChI is InChI=1S/C16H20N2O5/c1-23-16(22)12-9-11(7-8-13(12)19)18-15(21)14(20)17-10-5-3-2-4-6-10/h7-10,19H,2-6H2,1H3,(H,17,20)(H,18,21). The maximum Gasteiger partial charge on any atom is 0.341 e. The summed E-state index contributed by atoms with van der Waals surface area (Å²) < 4.78 is 4.53. The van der Waals surface area contributed by atoms with E-state index in [4.69, 9.17) is 0 Å². The molecule has 1 aromatic carbocycles. The number of carbonyl (C=O) groups excluding carboxylic acids is 3. The molecule has 0 bridgehead atoms. The molecule has 0 unspecified atom stereocenters. The number of ether oxygens (including phenoxy) is 1. The maximum absolute atomic E-state index is 11.9. The van der Waals surface area contributed by atoms with Crippen LogP contribution in [-0.2, 0) is 14.3 Å². The van der Waals surface area contributed by atoms with Crippen molar-refractivity contribution in [2.45, 2.75) is 38.1 Å². The average molecular weight is 320 g/mol. The summed E-state index contributed by atoms with van der Waals surface area (Å²) in [4.78, 5) is 35.3. The molecule has 0 aliphatic heterocycles. The molecule has 1 fully saturated rings. The van der Waals surface area contributed by atoms with Gasteiger partial charge >= 0.3 is 17.8 Å². The molecule has 7 heteroatoms. The number of nitrogens with one attached hydrogen (secondary N) is 2. The second-order valence-corrected chi connectivity index (χ2v) is 5.49. The van der Waals surface area contributed by atoms with Crippen LogP contribution in [-0.4, -0.2) is 36.0 Å². The molecule has 124 valence electrons. The van der Waals surface area contributed by atoms with Crippen molar-refractivity contribution < 1.29 is 24.2 Å². The van der Waals surface area contributed by atoms with Gasteiger partial charge in [-0.2, -0.15) is 0 Å². The molecule has 0 spiro atoms. The van der Waals surface area contributed by atoms with Gasteiger partial charge in [0.15, 0.2) is 0 Å². The monoisotopic (exact) mass is 320 g/mol. The molecule has 1 saturated carbocycles. The summed E-state index contributed by atoms with van der Waals surface area (Å²) in [6, 6.07) is 3.94. The number of hydrogen-bond donors (Lipinski definition) is 3. The number of benzene rings is 1. The average Bonchev–Trinajstić information content (AvgIpc) is 2.56. The second-order valence-electron chi connectivity index (χ2n) is 5.49. The maximum atomic E-state index is 11.9. The molecule has 3 N–H and O–H groups in total. The zero-order valence-corrected chi connectivity index (χ0v) is 12.9. The Morgan fingerprint density at radius 1 is 1.13 bits per heavy atom. The van der Waals surface area contributed by atoms with Crippen molar-refractivity contribution >= 4 is 23.5 Å². The van der Waals surface area contributed by atoms with Crippen LogP contribution in [0.1, 0.15) is 42.5 Å². The van der Waals surface area contributed by atoms with Gasteiger partial charge in [0, 0.05) is 11.7 Å². The lowest BCUT2D eigenvalue weighted by Crippen LogP contribution is -2.42. The summed E-state index contributed by atoms with van der Waals surface area (Å²) >= 11 is 0. The third kappa shape index (κ3) is 4.45. The van der Waals surface area contributed by atoms with Crippen LogP contribution in [0.3, 0.4) is 0 Å². The lowest BCUT2D eigenvalue weighted by molar-refractivity contribution is -0.136. The Bertz CT molecular complexity index is 608. The minimum absolute atomic E-state index is 0.0347. The van der Waals surface area contributed by atoms with Gasteiger partial charge in [0.25, 0.3) is 0 Å². The quantitative estimate of drug-likeness (QED) is 0.445. The number of phenols is 1. The van der Waals surface area contributed by atoms with E-state index in [1.165, 1.54) is 25.3 Å². The topological polar surface area (TPSA) is 105 Å². The Morgan fingerprint density at radius 2 is 1.83 bits per heavy atom. The van der Waals surface area contributed by atoms with E-state index in [-0.39, 0.29) is 23.0 Å². The van der Waals surface area contributed by atoms with Crippen LogP contribution < -0.4 is 10.6 Å². The van der Waals surface area contributed by atoms with E-state index in [1.807, 2.05) is 0 Å². The molecule has 1 aliphatic rings. The highest BCUT2D eigenvalue weighted by Crippen LogP contribution is 2.22. The number of hydrogen-bond acceptors (Lipinski definition) is 5. The van der Waals surface area contributed by atoms with Gasteiger partial charge < -0.3 is 20.5 Å². The largest absolute Gasteiger partial charge is 0.507 e. The van der Waals surface area contributed by atoms with Crippen molar-refractivity contribution in [1.82, 2.24) is 5.32 Å². The smallest absolute Gasteiger partial charge is 0.341 e. The summed E-state index contributed by atoms with van der Waals surface area (Å²) in [5.74, 6) is -2.51. The van der Waals surface area contributed by atoms with E-state index in [2.05, 4.69) is 15.4 Å². The summed E-state index contributed by atoms with van der Waals surface area (Å²) in [6.07, 6.45) is 5.01. The molecule has 0 atom stereocenters. The van der Waals surface area contributed by atoms with E-state index in [0.717, 1.165) is 32.1 Å². The number of aromatic hydroxyl groups is 1. The van der Waals surface area contributed by atoms with E-state index >= 15 is 0 Å². The van der Waals surface area contributed by atoms with Gasteiger partial charge in [-0.15, -0.1) is 0 Å². The number of carbonyl (C=O) groups is 3. The van der Waals surface area contributed by atoms with Gasteiger partial charge in [-0.25, -0.2) is 4.79 Å². The van der Waals surface area contributed by atoms with Crippen LogP contribution >= 0.6 is 0 Å². The molecule has 23 heavy (non-hydrogen) atoms. The third-order valence-corrected chi connectivity index (χ3v) is 3.81. The lowest BCUT2D eigenvalue weighted by Gasteiger charge is -2.22. The molecule has 0 heterocycles. The van der Waals surface area contributed by atoms with Gasteiger partial charge in [-0.1, -0.05) is 19.3 Å². The van der Waals surface area contributed by atoms with Crippen molar-refractivity contribution in [1.29, 1.82) is 0 Å². The Morgan fingerprint density at radius 3 is 2.48 bits per heavy atom. The lowest BCUT2D eigenvalue weighted by atomic mass is 9.95. The van der Waals surface area contributed by atoms with Crippen molar-refractivity contribution in [2.24, 2.45) is 0 Å². The van der Waals surface area contributed by atoms with Crippen molar-refractivity contribution in [3.05, 3.63) is 23.8 Å². The SMILES string of the molecule is COC(=O)c1cc(NC(=O)C(=O)NC2CCCCC2)ccc1O. The minimum Gasteiger partial charge on any atom is -0.507 e. The van der Waals surface area contributed by atoms with E-state index in [1.54, 1.807) is 0 Å². The number of esters is 1. The molecule has 2 rings (SSSR count). The van der Waals surface area contributed by atoms with E-state index in [9.17, 15) is 19.5 Å². The minimum atomic E-state index is -0.808. The molecule has 7 nitrogen and oxygen atoms in total. The Labute approximate surface area is 134 Å². The van der Waals surface area contributed by atoms with Crippen LogP contribution in [0.2, 0.25) is 0 Å². The predicted octanol–water partition coefficient (Wildman–Crippen LogP) is 1.57. The fourth-order valence-corrected chi connectivity index (χ4v) is 2.57. The number of phenolic OH excluding ortho intramolecular Hbond substituents is 1. The first-order chi connectivity index (χ1) is 11.0. The van der Waals surface area contributed by atoms with E-state index < -0.39 is 17.8 Å². The zero-order valence-electron chi connectivity index (χ0n) is 12.9. The highest BCUT2D eigenvalue weighted by molar-refractivity contribution is 6.39. The van der Waals surface area contributed by atoms with Gasteiger partial charge in [0.1, 0.15) is 11.3 Å². The van der Waals surface area contributed by atoms with Crippen molar-refractivity contribution in [2.75, 3.05) is 12.4 Å². The molecular weight excluding hydrogens is 300 g/mol. The Kier molecular flexibility index (Phi) is 5.56. The van der Waals surface area contributed by atoms with Crippen LogP contribution in [0.4, 0.5) is 5.69 Å². The highest BCUT2D eigenvalue weighted by Gasteiger charge is 2.21. The first-order valence-electron chi connectivity index (χ1n) is 7.54. The molecule has 2 amide bonds. The summed E-state index contributed by atoms with van der Waals surface area (Å²) in [5, 5.41) is 14.7. The molecule has 1 aliphatic carbocycles. The zero-order chi connectivity index (χ0) is 16.8. The number of amides is 2. The van der Waals surface area contributed by atoms with Crippen LogP contribution in [0.25, 0.3) is 0 Å². The molecule has 0 aromatic heterocycles. The van der Waals surface area contributed by atoms with Gasteiger partial charge in [0.2, 0.25) is 0 Å². The Balaban J connectivity index is 1.99. The van der Waals surface area contributed by atoms with Crippen LogP contribution in [0, 0.1) is 0 Å². The summed E-state index contributed by atoms with van der Waals surface area (Å²) in [5.41, 5.74) is 0.144. The first-order valence-corrected chi connectivity index (χ1v) is 7.54. The fourth-order valence-electron chi connectivity index (χ4n) is 2.57. The summed E-state index contributed by atoms with van der Waals surface area (Å²) in [6.45, 7) is 0. The van der Waals surface area contributed by atoms with Crippen molar-refractivity contribution in [3.63, 3.8) is 0 Å². The normalized spacial score (nSPS) is 14.8. The summed E-state index contributed by atoms with van der Waals surface area (Å²) in [7, 11) is 1.19. The van der Waals surface area contributed by atoms with Crippen LogP contribution in [0.15, 0.2) is 18.2 Å². The van der Waals surface area contributed by atoms with Crippen molar-refractivity contribution in [3.8, 4) is 5.75 Å². The Hall–Kier alpha value is -2.57. The number of rotatable bonds is 3. The van der Waals surface area contributed by atoms with Gasteiger partial charge in [0.05, 0.1) is 7.11 Å². The number of anilines is 1. The predicted molar refractivity (Wildman–Crippen MR) is 83.1 cm³/mol. The third-order valence-electron chi connectivity index (χ3n) is 3.81. The fraction of sp³-hybridized carbons (Fsp3) is 0.438. The molecule has 1 aromatic rings. The molecular formula is C16H20N2O5. The molecule has 0 radical (unpaired) electrons.